The molecule has 0 aliphatic carbocycles. The van der Waals surface area contributed by atoms with Gasteiger partial charge in [-0.05, 0) is 5.56 Å². The van der Waals surface area contributed by atoms with Crippen molar-refractivity contribution in [2.75, 3.05) is 11.6 Å². The Labute approximate surface area is 123 Å². The van der Waals surface area contributed by atoms with E-state index in [4.69, 9.17) is 11.6 Å². The number of rotatable bonds is 2. The van der Waals surface area contributed by atoms with Gasteiger partial charge in [-0.15, -0.1) is 0 Å². The maximum atomic E-state index is 12.0. The number of benzene rings is 1. The van der Waals surface area contributed by atoms with Crippen LogP contribution in [0.4, 0.5) is 11.5 Å². The second-order valence-corrected chi connectivity index (χ2v) is 4.22. The predicted molar refractivity (Wildman–Crippen MR) is 76.8 cm³/mol. The van der Waals surface area contributed by atoms with Crippen LogP contribution in [0.15, 0.2) is 29.1 Å². The number of aromatic nitrogens is 1. The van der Waals surface area contributed by atoms with Crippen LogP contribution in [0.3, 0.4) is 0 Å². The molecule has 0 amide bonds. The monoisotopic (exact) mass is 296 g/mol. The van der Waals surface area contributed by atoms with E-state index in [-0.39, 0.29) is 28.2 Å². The van der Waals surface area contributed by atoms with Gasteiger partial charge in [-0.2, -0.15) is 10.5 Å². The van der Waals surface area contributed by atoms with E-state index < -0.39 is 16.0 Å². The summed E-state index contributed by atoms with van der Waals surface area (Å²) in [7, 11) is 0. The second-order valence-electron chi connectivity index (χ2n) is 4.22. The smallest absolute Gasteiger partial charge is 0.289 e. The van der Waals surface area contributed by atoms with Crippen LogP contribution in [0.25, 0.3) is 11.1 Å². The van der Waals surface area contributed by atoms with Crippen molar-refractivity contribution in [3.63, 3.8) is 0 Å². The molecule has 4 N–H and O–H groups in total. The fourth-order valence-electron chi connectivity index (χ4n) is 1.99. The minimum atomic E-state index is -0.888. The molecule has 1 aromatic heterocycles. The first-order valence-electron chi connectivity index (χ1n) is 5.81. The Balaban J connectivity index is 2.96. The number of nitriles is 2. The third-order valence-electron chi connectivity index (χ3n) is 3.02. The first kappa shape index (κ1) is 14.6. The van der Waals surface area contributed by atoms with Crippen LogP contribution in [-0.4, -0.2) is 9.60 Å². The number of nitro benzene ring substituents is 1. The summed E-state index contributed by atoms with van der Waals surface area (Å²) < 4.78 is 0.498. The van der Waals surface area contributed by atoms with Crippen molar-refractivity contribution in [3.8, 4) is 23.3 Å². The Morgan fingerprint density at radius 2 is 1.86 bits per heavy atom. The molecular formula is C13H8N6O3. The molecule has 0 aliphatic rings. The molecule has 0 spiro atoms. The van der Waals surface area contributed by atoms with Crippen molar-refractivity contribution in [2.24, 2.45) is 0 Å². The van der Waals surface area contributed by atoms with Crippen LogP contribution >= 0.6 is 0 Å². The summed E-state index contributed by atoms with van der Waals surface area (Å²) in [6.45, 7) is 0. The van der Waals surface area contributed by atoms with Crippen LogP contribution in [0.5, 0.6) is 0 Å². The molecule has 0 saturated heterocycles. The predicted octanol–water partition coefficient (Wildman–Crippen LogP) is 0.463. The topological polar surface area (TPSA) is 165 Å². The Hall–Kier alpha value is -3.85. The third-order valence-corrected chi connectivity index (χ3v) is 3.02. The molecule has 9 nitrogen and oxygen atoms in total. The van der Waals surface area contributed by atoms with Crippen LogP contribution < -0.4 is 17.1 Å². The fraction of sp³-hybridized carbons (Fsp3) is 0. The van der Waals surface area contributed by atoms with E-state index in [0.29, 0.717) is 4.68 Å². The van der Waals surface area contributed by atoms with Gasteiger partial charge in [-0.3, -0.25) is 14.9 Å². The highest BCUT2D eigenvalue weighted by Gasteiger charge is 2.22. The number of nitrogens with zero attached hydrogens (tertiary/aromatic N) is 4. The molecule has 0 fully saturated rings. The van der Waals surface area contributed by atoms with Gasteiger partial charge in [0.05, 0.1) is 4.92 Å². The Morgan fingerprint density at radius 3 is 2.41 bits per heavy atom. The normalized spacial score (nSPS) is 9.73. The summed E-state index contributed by atoms with van der Waals surface area (Å²) >= 11 is 0. The highest BCUT2D eigenvalue weighted by atomic mass is 16.6. The molecule has 108 valence electrons. The molecule has 0 atom stereocenters. The van der Waals surface area contributed by atoms with Gasteiger partial charge in [0.25, 0.3) is 11.2 Å². The summed E-state index contributed by atoms with van der Waals surface area (Å²) in [6, 6.07) is 8.64. The molecule has 0 radical (unpaired) electrons. The Kier molecular flexibility index (Phi) is 3.48. The van der Waals surface area contributed by atoms with Gasteiger partial charge in [0.2, 0.25) is 0 Å². The van der Waals surface area contributed by atoms with Gasteiger partial charge < -0.3 is 11.6 Å². The van der Waals surface area contributed by atoms with Gasteiger partial charge >= 0.3 is 0 Å². The molecule has 22 heavy (non-hydrogen) atoms. The number of non-ortho nitro benzene ring substituents is 1. The van der Waals surface area contributed by atoms with Gasteiger partial charge in [-0.1, -0.05) is 12.1 Å². The highest BCUT2D eigenvalue weighted by molar-refractivity contribution is 5.81. The van der Waals surface area contributed by atoms with E-state index in [0.717, 1.165) is 6.07 Å². The summed E-state index contributed by atoms with van der Waals surface area (Å²) in [6.07, 6.45) is 0. The second kappa shape index (κ2) is 5.26. The lowest BCUT2D eigenvalue weighted by molar-refractivity contribution is -0.384. The van der Waals surface area contributed by atoms with E-state index in [1.54, 1.807) is 12.1 Å². The van der Waals surface area contributed by atoms with Crippen molar-refractivity contribution in [3.05, 3.63) is 55.9 Å². The SMILES string of the molecule is N#Cc1c(-c2cccc([N+](=O)[O-])c2)c(C#N)c(=O)n(N)c1N. The van der Waals surface area contributed by atoms with Crippen LogP contribution in [-0.2, 0) is 0 Å². The number of anilines is 1. The zero-order valence-corrected chi connectivity index (χ0v) is 11.0. The maximum Gasteiger partial charge on any atom is 0.289 e. The molecule has 0 saturated carbocycles. The number of hydrogen-bond acceptors (Lipinski definition) is 7. The Morgan fingerprint density at radius 1 is 1.23 bits per heavy atom. The number of nitrogens with two attached hydrogens (primary N) is 2. The van der Waals surface area contributed by atoms with Crippen molar-refractivity contribution in [1.82, 2.24) is 4.68 Å². The average Bonchev–Trinajstić information content (AvgIpc) is 2.52. The minimum Gasteiger partial charge on any atom is -0.382 e. The number of nitro groups is 1. The summed E-state index contributed by atoms with van der Waals surface area (Å²) in [5.74, 6) is 5.10. The molecule has 0 unspecified atom stereocenters. The van der Waals surface area contributed by atoms with Gasteiger partial charge in [-0.25, -0.2) is 4.68 Å². The van der Waals surface area contributed by atoms with Crippen molar-refractivity contribution < 1.29 is 4.92 Å². The van der Waals surface area contributed by atoms with Gasteiger partial charge in [0.1, 0.15) is 29.1 Å². The van der Waals surface area contributed by atoms with E-state index in [9.17, 15) is 25.4 Å². The summed E-state index contributed by atoms with van der Waals surface area (Å²) in [5.41, 5.74) is 3.97. The first-order chi connectivity index (χ1) is 10.4. The standard InChI is InChI=1S/C13H8N6O3/c14-5-9-11(7-2-1-3-8(4-7)19(21)22)10(6-15)13(20)18(17)12(9)16/h1-4H,16-17H2. The summed E-state index contributed by atoms with van der Waals surface area (Å²) in [5, 5.41) is 29.2. The van der Waals surface area contributed by atoms with Crippen molar-refractivity contribution in [1.29, 1.82) is 10.5 Å². The molecule has 9 heteroatoms. The molecule has 2 aromatic rings. The number of nitrogen functional groups attached to an aromatic ring is 2. The zero-order valence-electron chi connectivity index (χ0n) is 11.0. The zero-order chi connectivity index (χ0) is 16.4. The molecule has 2 rings (SSSR count). The molecule has 0 aliphatic heterocycles. The molecule has 1 heterocycles. The molecule has 0 bridgehead atoms. The maximum absolute atomic E-state index is 12.0. The Bertz CT molecular complexity index is 933. The fourth-order valence-corrected chi connectivity index (χ4v) is 1.99. The lowest BCUT2D eigenvalue weighted by Gasteiger charge is -2.12. The van der Waals surface area contributed by atoms with E-state index in [2.05, 4.69) is 0 Å². The van der Waals surface area contributed by atoms with Gasteiger partial charge in [0.15, 0.2) is 0 Å². The van der Waals surface area contributed by atoms with Crippen molar-refractivity contribution >= 4 is 11.5 Å². The lowest BCUT2D eigenvalue weighted by Crippen LogP contribution is -2.33. The quantitative estimate of drug-likeness (QED) is 0.461. The van der Waals surface area contributed by atoms with Crippen LogP contribution in [0, 0.1) is 32.8 Å². The van der Waals surface area contributed by atoms with Gasteiger partial charge in [0, 0.05) is 17.7 Å². The summed E-state index contributed by atoms with van der Waals surface area (Å²) in [4.78, 5) is 22.2. The largest absolute Gasteiger partial charge is 0.382 e. The van der Waals surface area contributed by atoms with E-state index in [1.807, 2.05) is 0 Å². The lowest BCUT2D eigenvalue weighted by atomic mass is 9.96. The van der Waals surface area contributed by atoms with Crippen LogP contribution in [0.1, 0.15) is 11.1 Å². The average molecular weight is 296 g/mol. The molecular weight excluding hydrogens is 288 g/mol. The van der Waals surface area contributed by atoms with E-state index >= 15 is 0 Å². The van der Waals surface area contributed by atoms with Crippen LogP contribution in [0.2, 0.25) is 0 Å². The first-order valence-corrected chi connectivity index (χ1v) is 5.81. The van der Waals surface area contributed by atoms with E-state index in [1.165, 1.54) is 18.2 Å². The van der Waals surface area contributed by atoms with Crippen molar-refractivity contribution in [2.45, 2.75) is 0 Å². The third kappa shape index (κ3) is 2.09. The minimum absolute atomic E-state index is 0.0714. The molecule has 1 aromatic carbocycles. The number of pyridine rings is 1. The number of hydrogen-bond donors (Lipinski definition) is 2. The highest BCUT2D eigenvalue weighted by Crippen LogP contribution is 2.30.